The molecule has 182 valence electrons. The largest absolute Gasteiger partial charge is 0.507 e. The molecule has 1 fully saturated rings. The summed E-state index contributed by atoms with van der Waals surface area (Å²) in [6, 6.07) is 7.49. The van der Waals surface area contributed by atoms with E-state index in [-0.39, 0.29) is 24.5 Å². The Labute approximate surface area is 198 Å². The van der Waals surface area contributed by atoms with Crippen LogP contribution >= 0.6 is 0 Å². The van der Waals surface area contributed by atoms with Gasteiger partial charge in [0, 0.05) is 19.2 Å². The second kappa shape index (κ2) is 10.5. The summed E-state index contributed by atoms with van der Waals surface area (Å²) in [6.45, 7) is 2.13. The molecule has 0 unspecified atom stereocenters. The topological polar surface area (TPSA) is 104 Å². The van der Waals surface area contributed by atoms with E-state index in [2.05, 4.69) is 0 Å². The predicted molar refractivity (Wildman–Crippen MR) is 125 cm³/mol. The molecule has 34 heavy (non-hydrogen) atoms. The molecule has 1 saturated heterocycles. The molecule has 1 atom stereocenters. The summed E-state index contributed by atoms with van der Waals surface area (Å²) < 4.78 is 26.7. The number of ketones is 1. The first-order valence-corrected chi connectivity index (χ1v) is 10.5. The summed E-state index contributed by atoms with van der Waals surface area (Å²) >= 11 is 0. The van der Waals surface area contributed by atoms with Crippen molar-refractivity contribution >= 4 is 17.4 Å². The lowest BCUT2D eigenvalue weighted by molar-refractivity contribution is -0.140. The smallest absolute Gasteiger partial charge is 0.295 e. The molecule has 0 radical (unpaired) electrons. The van der Waals surface area contributed by atoms with E-state index in [9.17, 15) is 14.7 Å². The van der Waals surface area contributed by atoms with E-state index in [0.717, 1.165) is 0 Å². The molecule has 0 aliphatic carbocycles. The summed E-state index contributed by atoms with van der Waals surface area (Å²) in [7, 11) is 7.48. The van der Waals surface area contributed by atoms with Crippen LogP contribution in [0.5, 0.6) is 23.0 Å². The number of benzene rings is 2. The first-order valence-electron chi connectivity index (χ1n) is 10.5. The van der Waals surface area contributed by atoms with Crippen LogP contribution in [0, 0.1) is 6.92 Å². The van der Waals surface area contributed by atoms with Crippen molar-refractivity contribution in [3.63, 3.8) is 0 Å². The van der Waals surface area contributed by atoms with Gasteiger partial charge < -0.3 is 33.7 Å². The average molecular weight is 472 g/mol. The molecule has 1 amide bonds. The molecule has 0 saturated carbocycles. The minimum Gasteiger partial charge on any atom is -0.507 e. The molecule has 9 heteroatoms. The molecular weight excluding hydrogens is 442 g/mol. The second-order valence-electron chi connectivity index (χ2n) is 7.62. The Kier molecular flexibility index (Phi) is 7.68. The molecular formula is C25H29NO8. The molecule has 0 aromatic heterocycles. The van der Waals surface area contributed by atoms with Gasteiger partial charge >= 0.3 is 0 Å². The zero-order valence-electron chi connectivity index (χ0n) is 20.1. The van der Waals surface area contributed by atoms with Gasteiger partial charge in [0.15, 0.2) is 11.5 Å². The first-order chi connectivity index (χ1) is 16.3. The Hall–Kier alpha value is -3.72. The van der Waals surface area contributed by atoms with Crippen LogP contribution in [0.25, 0.3) is 5.76 Å². The Morgan fingerprint density at radius 1 is 0.941 bits per heavy atom. The summed E-state index contributed by atoms with van der Waals surface area (Å²) in [5.41, 5.74) is 1.58. The van der Waals surface area contributed by atoms with Crippen molar-refractivity contribution in [2.75, 3.05) is 48.7 Å². The minimum atomic E-state index is -0.898. The van der Waals surface area contributed by atoms with E-state index in [0.29, 0.717) is 39.7 Å². The summed E-state index contributed by atoms with van der Waals surface area (Å²) in [5, 5.41) is 11.3. The average Bonchev–Trinajstić information content (AvgIpc) is 3.10. The number of methoxy groups -OCH3 is 5. The number of hydrogen-bond acceptors (Lipinski definition) is 8. The Morgan fingerprint density at radius 2 is 1.59 bits per heavy atom. The van der Waals surface area contributed by atoms with E-state index in [1.54, 1.807) is 44.4 Å². The lowest BCUT2D eigenvalue weighted by Crippen LogP contribution is -2.32. The quantitative estimate of drug-likeness (QED) is 0.338. The van der Waals surface area contributed by atoms with Gasteiger partial charge in [-0.05, 0) is 48.4 Å². The van der Waals surface area contributed by atoms with Crippen LogP contribution in [0.4, 0.5) is 0 Å². The number of Topliss-reactive ketones (excluding diaryl/α,β-unsaturated/α-hetero) is 1. The summed E-state index contributed by atoms with van der Waals surface area (Å²) in [4.78, 5) is 27.6. The van der Waals surface area contributed by atoms with Gasteiger partial charge in [-0.2, -0.15) is 0 Å². The van der Waals surface area contributed by atoms with E-state index in [4.69, 9.17) is 23.7 Å². The highest BCUT2D eigenvalue weighted by Crippen LogP contribution is 2.45. The fourth-order valence-corrected chi connectivity index (χ4v) is 4.08. The maximum absolute atomic E-state index is 13.2. The van der Waals surface area contributed by atoms with Crippen molar-refractivity contribution in [1.82, 2.24) is 4.90 Å². The SMILES string of the molecule is COCCN1C(=O)C(=O)C(=C(O)c2ccc(OC)cc2C)[C@H]1c1cc(OC)c(OC)c(OC)c1. The fraction of sp³-hybridized carbons (Fsp3) is 0.360. The van der Waals surface area contributed by atoms with Crippen LogP contribution in [-0.2, 0) is 14.3 Å². The van der Waals surface area contributed by atoms with Crippen LogP contribution in [0.15, 0.2) is 35.9 Å². The first kappa shape index (κ1) is 24.9. The number of carbonyl (C=O) groups is 2. The van der Waals surface area contributed by atoms with Crippen LogP contribution in [0.3, 0.4) is 0 Å². The number of aliphatic hydroxyl groups is 1. The van der Waals surface area contributed by atoms with Gasteiger partial charge in [-0.3, -0.25) is 9.59 Å². The third-order valence-electron chi connectivity index (χ3n) is 5.77. The Bertz CT molecular complexity index is 1100. The van der Waals surface area contributed by atoms with Crippen molar-refractivity contribution in [2.45, 2.75) is 13.0 Å². The maximum Gasteiger partial charge on any atom is 0.295 e. The van der Waals surface area contributed by atoms with Crippen molar-refractivity contribution in [1.29, 1.82) is 0 Å². The van der Waals surface area contributed by atoms with Gasteiger partial charge in [0.25, 0.3) is 11.7 Å². The maximum atomic E-state index is 13.2. The van der Waals surface area contributed by atoms with Gasteiger partial charge in [-0.25, -0.2) is 0 Å². The van der Waals surface area contributed by atoms with E-state index in [1.807, 2.05) is 0 Å². The number of ether oxygens (including phenoxy) is 5. The molecule has 1 heterocycles. The number of aryl methyl sites for hydroxylation is 1. The number of carbonyl (C=O) groups excluding carboxylic acids is 2. The molecule has 1 N–H and O–H groups in total. The van der Waals surface area contributed by atoms with Crippen molar-refractivity contribution in [2.24, 2.45) is 0 Å². The minimum absolute atomic E-state index is 0.0383. The number of rotatable bonds is 9. The summed E-state index contributed by atoms with van der Waals surface area (Å²) in [5.74, 6) is -0.114. The molecule has 1 aliphatic rings. The highest BCUT2D eigenvalue weighted by atomic mass is 16.5. The molecule has 1 aliphatic heterocycles. The third kappa shape index (κ3) is 4.38. The normalized spacial score (nSPS) is 17.1. The molecule has 2 aromatic rings. The fourth-order valence-electron chi connectivity index (χ4n) is 4.08. The highest BCUT2D eigenvalue weighted by Gasteiger charge is 2.46. The number of nitrogens with zero attached hydrogens (tertiary/aromatic N) is 1. The zero-order chi connectivity index (χ0) is 25.0. The van der Waals surface area contributed by atoms with Crippen LogP contribution in [0.1, 0.15) is 22.7 Å². The van der Waals surface area contributed by atoms with E-state index >= 15 is 0 Å². The Balaban J connectivity index is 2.28. The van der Waals surface area contributed by atoms with Gasteiger partial charge in [0.05, 0.1) is 46.7 Å². The molecule has 9 nitrogen and oxygen atoms in total. The summed E-state index contributed by atoms with van der Waals surface area (Å²) in [6.07, 6.45) is 0. The molecule has 0 spiro atoms. The number of amides is 1. The predicted octanol–water partition coefficient (Wildman–Crippen LogP) is 3.10. The molecule has 2 aromatic carbocycles. The monoisotopic (exact) mass is 471 g/mol. The third-order valence-corrected chi connectivity index (χ3v) is 5.77. The number of likely N-dealkylation sites (tertiary alicyclic amines) is 1. The van der Waals surface area contributed by atoms with Crippen LogP contribution in [-0.4, -0.2) is 70.4 Å². The standard InChI is InChI=1S/C25H29NO8/c1-14-11-16(31-3)7-8-17(14)22(27)20-21(26(9-10-30-2)25(29)23(20)28)15-12-18(32-4)24(34-6)19(13-15)33-5/h7-8,11-13,21,27H,9-10H2,1-6H3/t21-/m1/s1. The highest BCUT2D eigenvalue weighted by molar-refractivity contribution is 6.46. The van der Waals surface area contributed by atoms with Crippen molar-refractivity contribution in [3.8, 4) is 23.0 Å². The van der Waals surface area contributed by atoms with E-state index < -0.39 is 17.7 Å². The number of hydrogen-bond donors (Lipinski definition) is 1. The lowest BCUT2D eigenvalue weighted by atomic mass is 9.93. The second-order valence-corrected chi connectivity index (χ2v) is 7.62. The zero-order valence-corrected chi connectivity index (χ0v) is 20.1. The van der Waals surface area contributed by atoms with Crippen molar-refractivity contribution in [3.05, 3.63) is 52.6 Å². The van der Waals surface area contributed by atoms with Crippen molar-refractivity contribution < 1.29 is 38.4 Å². The van der Waals surface area contributed by atoms with Crippen LogP contribution in [0.2, 0.25) is 0 Å². The van der Waals surface area contributed by atoms with E-state index in [1.165, 1.54) is 33.3 Å². The van der Waals surface area contributed by atoms with Crippen LogP contribution < -0.4 is 18.9 Å². The van der Waals surface area contributed by atoms with Gasteiger partial charge in [0.2, 0.25) is 5.75 Å². The Morgan fingerprint density at radius 3 is 2.09 bits per heavy atom. The molecule has 0 bridgehead atoms. The molecule has 3 rings (SSSR count). The van der Waals surface area contributed by atoms with Gasteiger partial charge in [-0.1, -0.05) is 0 Å². The number of aliphatic hydroxyl groups excluding tert-OH is 1. The lowest BCUT2D eigenvalue weighted by Gasteiger charge is -2.26. The van der Waals surface area contributed by atoms with Gasteiger partial charge in [-0.15, -0.1) is 0 Å². The van der Waals surface area contributed by atoms with Gasteiger partial charge in [0.1, 0.15) is 11.5 Å².